The number of benzene rings is 1. The molecule has 0 aliphatic rings. The van der Waals surface area contributed by atoms with Crippen molar-refractivity contribution < 1.29 is 14.3 Å². The van der Waals surface area contributed by atoms with E-state index in [2.05, 4.69) is 0 Å². The van der Waals surface area contributed by atoms with Gasteiger partial charge in [0.05, 0.1) is 0 Å². The smallest absolute Gasteiger partial charge is 0.287 e. The third-order valence-corrected chi connectivity index (χ3v) is 2.73. The zero-order valence-corrected chi connectivity index (χ0v) is 7.74. The van der Waals surface area contributed by atoms with E-state index in [-0.39, 0.29) is 6.16 Å². The largest absolute Gasteiger partial charge is 0.451 e. The second-order valence-electron chi connectivity index (χ2n) is 2.39. The Hall–Kier alpha value is -0.630. The van der Waals surface area contributed by atoms with E-state index in [0.717, 1.165) is 0 Å². The summed E-state index contributed by atoms with van der Waals surface area (Å²) in [5, 5.41) is 0. The average molecular weight is 187 g/mol. The van der Waals surface area contributed by atoms with Gasteiger partial charge in [0, 0.05) is 0 Å². The van der Waals surface area contributed by atoms with Crippen LogP contribution in [0.25, 0.3) is 0 Å². The fraction of sp³-hybridized carbons (Fsp3) is 0.250. The normalized spacial score (nSPS) is 11.2. The molecule has 0 fully saturated rings. The summed E-state index contributed by atoms with van der Waals surface area (Å²) in [6.07, 6.45) is 0.238. The number of para-hydroxylation sites is 1. The molecule has 4 heteroatoms. The second-order valence-corrected chi connectivity index (χ2v) is 4.53. The molecule has 0 amide bonds. The zero-order chi connectivity index (χ0) is 9.03. The van der Waals surface area contributed by atoms with Crippen LogP contribution in [0.5, 0.6) is 5.75 Å². The molecule has 0 aliphatic carbocycles. The molecule has 0 aromatic heterocycles. The number of hydrogen-bond donors (Lipinski definition) is 2. The van der Waals surface area contributed by atoms with Gasteiger partial charge < -0.3 is 0 Å². The van der Waals surface area contributed by atoms with Gasteiger partial charge in [0.1, 0.15) is 6.16 Å². The second kappa shape index (κ2) is 3.85. The summed E-state index contributed by atoms with van der Waals surface area (Å²) in [4.78, 5) is 18.4. The fourth-order valence-corrected chi connectivity index (χ4v) is 1.30. The monoisotopic (exact) mass is 187 g/mol. The Bertz CT molecular complexity index is 235. The lowest BCUT2D eigenvalue weighted by Gasteiger charge is -2.08. The van der Waals surface area contributed by atoms with Crippen molar-refractivity contribution in [1.82, 2.24) is 0 Å². The molecule has 1 rings (SSSR count). The van der Waals surface area contributed by atoms with Gasteiger partial charge in [0.15, 0.2) is 5.75 Å². The number of rotatable bonds is 3. The van der Waals surface area contributed by atoms with E-state index < -0.39 is 7.94 Å². The van der Waals surface area contributed by atoms with E-state index >= 15 is 0 Å². The van der Waals surface area contributed by atoms with E-state index in [1.165, 1.54) is 0 Å². The highest BCUT2D eigenvalue weighted by molar-refractivity contribution is 7.59. The summed E-state index contributed by atoms with van der Waals surface area (Å²) in [5.41, 5.74) is 0. The fourth-order valence-electron chi connectivity index (χ4n) is 0.715. The Labute approximate surface area is 72.2 Å². The summed E-state index contributed by atoms with van der Waals surface area (Å²) in [6.45, 7) is 1.68. The maximum atomic E-state index is 9.22. The van der Waals surface area contributed by atoms with Crippen molar-refractivity contribution in [1.29, 1.82) is 0 Å². The van der Waals surface area contributed by atoms with Crippen LogP contribution in [-0.4, -0.2) is 15.9 Å². The lowest BCUT2D eigenvalue weighted by atomic mass is 10.3. The highest BCUT2D eigenvalue weighted by Gasteiger charge is 2.33. The molecule has 0 heterocycles. The molecule has 0 saturated heterocycles. The first-order valence-corrected chi connectivity index (χ1v) is 5.52. The van der Waals surface area contributed by atoms with Gasteiger partial charge in [-0.05, 0) is 19.1 Å². The van der Waals surface area contributed by atoms with Crippen molar-refractivity contribution in [3.63, 3.8) is 0 Å². The minimum Gasteiger partial charge on any atom is -0.287 e. The van der Waals surface area contributed by atoms with Crippen LogP contribution in [-0.2, 0) is 0 Å². The SMILES string of the molecule is CC[P+](O)(O)Oc1ccccc1. The van der Waals surface area contributed by atoms with Crippen LogP contribution >= 0.6 is 7.94 Å². The Balaban J connectivity index is 2.64. The van der Waals surface area contributed by atoms with E-state index in [0.29, 0.717) is 5.75 Å². The van der Waals surface area contributed by atoms with Crippen molar-refractivity contribution in [2.45, 2.75) is 6.92 Å². The molecular formula is C8H12O3P+. The van der Waals surface area contributed by atoms with Crippen LogP contribution in [0, 0.1) is 0 Å². The maximum Gasteiger partial charge on any atom is 0.451 e. The van der Waals surface area contributed by atoms with Gasteiger partial charge in [-0.1, -0.05) is 18.2 Å². The van der Waals surface area contributed by atoms with E-state index in [4.69, 9.17) is 4.52 Å². The number of hydrogen-bond acceptors (Lipinski definition) is 3. The summed E-state index contributed by atoms with van der Waals surface area (Å²) >= 11 is 0. The minimum atomic E-state index is -3.15. The summed E-state index contributed by atoms with van der Waals surface area (Å²) in [6, 6.07) is 8.79. The average Bonchev–Trinajstić information content (AvgIpc) is 2.06. The predicted molar refractivity (Wildman–Crippen MR) is 49.0 cm³/mol. The summed E-state index contributed by atoms with van der Waals surface area (Å²) < 4.78 is 4.97. The first-order valence-electron chi connectivity index (χ1n) is 3.72. The molecule has 0 unspecified atom stereocenters. The van der Waals surface area contributed by atoms with Crippen LogP contribution in [0.15, 0.2) is 30.3 Å². The van der Waals surface area contributed by atoms with E-state index in [9.17, 15) is 9.79 Å². The van der Waals surface area contributed by atoms with Crippen molar-refractivity contribution in [2.75, 3.05) is 6.16 Å². The van der Waals surface area contributed by atoms with Gasteiger partial charge in [0.2, 0.25) is 0 Å². The molecule has 0 saturated carbocycles. The van der Waals surface area contributed by atoms with Crippen molar-refractivity contribution in [3.8, 4) is 5.75 Å². The van der Waals surface area contributed by atoms with Crippen LogP contribution in [0.2, 0.25) is 0 Å². The lowest BCUT2D eigenvalue weighted by Crippen LogP contribution is -2.01. The van der Waals surface area contributed by atoms with Crippen LogP contribution in [0.4, 0.5) is 0 Å². The highest BCUT2D eigenvalue weighted by Crippen LogP contribution is 2.50. The van der Waals surface area contributed by atoms with Crippen molar-refractivity contribution in [2.24, 2.45) is 0 Å². The predicted octanol–water partition coefficient (Wildman–Crippen LogP) is 1.83. The Morgan fingerprint density at radius 3 is 2.33 bits per heavy atom. The molecule has 0 spiro atoms. The summed E-state index contributed by atoms with van der Waals surface area (Å²) in [7, 11) is -3.15. The summed E-state index contributed by atoms with van der Waals surface area (Å²) in [5.74, 6) is 0.498. The van der Waals surface area contributed by atoms with E-state index in [1.54, 1.807) is 31.2 Å². The minimum absolute atomic E-state index is 0.238. The van der Waals surface area contributed by atoms with Gasteiger partial charge in [-0.15, -0.1) is 0 Å². The molecule has 66 valence electrons. The third-order valence-electron chi connectivity index (χ3n) is 1.41. The van der Waals surface area contributed by atoms with E-state index in [1.807, 2.05) is 6.07 Å². The maximum absolute atomic E-state index is 9.22. The lowest BCUT2D eigenvalue weighted by molar-refractivity contribution is 0.340. The molecule has 2 N–H and O–H groups in total. The van der Waals surface area contributed by atoms with Gasteiger partial charge in [-0.2, -0.15) is 9.79 Å². The van der Waals surface area contributed by atoms with Gasteiger partial charge in [-0.25, -0.2) is 0 Å². The standard InChI is InChI=1S/C8H12O3P/c1-2-12(9,10)11-8-6-4-3-5-7-8/h3-7,9-10H,2H2,1H3/q+1. The molecular weight excluding hydrogens is 175 g/mol. The Morgan fingerprint density at radius 2 is 1.83 bits per heavy atom. The zero-order valence-electron chi connectivity index (χ0n) is 6.84. The van der Waals surface area contributed by atoms with Crippen molar-refractivity contribution in [3.05, 3.63) is 30.3 Å². The molecule has 3 nitrogen and oxygen atoms in total. The van der Waals surface area contributed by atoms with Crippen LogP contribution < -0.4 is 4.52 Å². The van der Waals surface area contributed by atoms with Gasteiger partial charge >= 0.3 is 7.94 Å². The Kier molecular flexibility index (Phi) is 3.04. The topological polar surface area (TPSA) is 49.7 Å². The van der Waals surface area contributed by atoms with Crippen LogP contribution in [0.1, 0.15) is 6.92 Å². The van der Waals surface area contributed by atoms with Crippen molar-refractivity contribution >= 4 is 7.94 Å². The van der Waals surface area contributed by atoms with Gasteiger partial charge in [0.25, 0.3) is 0 Å². The Morgan fingerprint density at radius 1 is 1.25 bits per heavy atom. The van der Waals surface area contributed by atoms with Gasteiger partial charge in [-0.3, -0.25) is 4.52 Å². The molecule has 12 heavy (non-hydrogen) atoms. The molecule has 1 aromatic carbocycles. The highest BCUT2D eigenvalue weighted by atomic mass is 31.2. The first-order chi connectivity index (χ1) is 5.64. The quantitative estimate of drug-likeness (QED) is 0.710. The molecule has 0 aliphatic heterocycles. The third kappa shape index (κ3) is 2.78. The molecule has 0 bridgehead atoms. The molecule has 0 atom stereocenters. The first kappa shape index (κ1) is 9.46. The molecule has 0 radical (unpaired) electrons. The van der Waals surface area contributed by atoms with Crippen LogP contribution in [0.3, 0.4) is 0 Å². The molecule has 1 aromatic rings.